The fraction of sp³-hybridized carbons (Fsp3) is 0.200. The van der Waals surface area contributed by atoms with E-state index in [-0.39, 0.29) is 6.10 Å². The van der Waals surface area contributed by atoms with Gasteiger partial charge in [0.05, 0.1) is 0 Å². The molecule has 0 aliphatic carbocycles. The molecule has 1 nitrogen and oxygen atoms in total. The van der Waals surface area contributed by atoms with Crippen LogP contribution in [0.1, 0.15) is 11.1 Å². The molecule has 2 aromatic rings. The van der Waals surface area contributed by atoms with Crippen LogP contribution in [-0.4, -0.2) is 14.4 Å². The Kier molecular flexibility index (Phi) is 5.77. The monoisotopic (exact) mass is 306 g/mol. The zero-order valence-electron chi connectivity index (χ0n) is 13.4. The molecule has 0 heterocycles. The van der Waals surface area contributed by atoms with E-state index in [1.807, 2.05) is 54.6 Å². The minimum atomic E-state index is -1.65. The number of rotatable bonds is 4. The third-order valence-corrected chi connectivity index (χ3v) is 3.84. The van der Waals surface area contributed by atoms with Crippen LogP contribution >= 0.6 is 0 Å². The van der Waals surface area contributed by atoms with Gasteiger partial charge in [-0.2, -0.15) is 0 Å². The first-order valence-electron chi connectivity index (χ1n) is 7.51. The van der Waals surface area contributed by atoms with Crippen LogP contribution in [0.15, 0.2) is 66.7 Å². The second-order valence-corrected chi connectivity index (χ2v) is 10.5. The largest absolute Gasteiger partial charge is 0.401 e. The minimum absolute atomic E-state index is 0.174. The van der Waals surface area contributed by atoms with Crippen LogP contribution in [0.25, 0.3) is 6.08 Å². The lowest BCUT2D eigenvalue weighted by atomic mass is 10.2. The molecule has 0 aromatic heterocycles. The summed E-state index contributed by atoms with van der Waals surface area (Å²) in [5.41, 5.74) is 2.17. The lowest BCUT2D eigenvalue weighted by Crippen LogP contribution is -2.30. The van der Waals surface area contributed by atoms with Crippen molar-refractivity contribution in [3.8, 4) is 11.8 Å². The van der Waals surface area contributed by atoms with Crippen molar-refractivity contribution in [3.63, 3.8) is 0 Å². The van der Waals surface area contributed by atoms with Crippen molar-refractivity contribution in [2.24, 2.45) is 0 Å². The second-order valence-electron chi connectivity index (χ2n) is 6.06. The molecule has 1 atom stereocenters. The van der Waals surface area contributed by atoms with Gasteiger partial charge in [0.1, 0.15) is 6.10 Å². The Morgan fingerprint density at radius 1 is 0.909 bits per heavy atom. The fourth-order valence-corrected chi connectivity index (χ4v) is 2.84. The molecule has 0 spiro atoms. The zero-order chi connectivity index (χ0) is 15.8. The summed E-state index contributed by atoms with van der Waals surface area (Å²) < 4.78 is 6.16. The number of hydrogen-bond donors (Lipinski definition) is 0. The minimum Gasteiger partial charge on any atom is -0.401 e. The Morgan fingerprint density at radius 3 is 2.09 bits per heavy atom. The van der Waals surface area contributed by atoms with Crippen LogP contribution in [0.4, 0.5) is 0 Å². The van der Waals surface area contributed by atoms with E-state index in [4.69, 9.17) is 4.43 Å². The Bertz CT molecular complexity index is 658. The van der Waals surface area contributed by atoms with Gasteiger partial charge in [0, 0.05) is 5.56 Å². The van der Waals surface area contributed by atoms with Gasteiger partial charge in [0.25, 0.3) is 0 Å². The number of benzene rings is 2. The molecule has 0 amide bonds. The first-order chi connectivity index (χ1) is 10.5. The maximum Gasteiger partial charge on any atom is 0.185 e. The zero-order valence-corrected chi connectivity index (χ0v) is 14.4. The molecule has 2 aromatic carbocycles. The summed E-state index contributed by atoms with van der Waals surface area (Å²) in [6.07, 6.45) is 3.95. The molecule has 0 aliphatic heterocycles. The highest BCUT2D eigenvalue weighted by Gasteiger charge is 2.18. The van der Waals surface area contributed by atoms with E-state index < -0.39 is 8.32 Å². The molecule has 1 unspecified atom stereocenters. The smallest absolute Gasteiger partial charge is 0.185 e. The van der Waals surface area contributed by atoms with E-state index in [1.165, 1.54) is 0 Å². The van der Waals surface area contributed by atoms with Crippen LogP contribution < -0.4 is 0 Å². The highest BCUT2D eigenvalue weighted by atomic mass is 28.4. The van der Waals surface area contributed by atoms with Gasteiger partial charge in [0.2, 0.25) is 0 Å². The van der Waals surface area contributed by atoms with Crippen LogP contribution in [0.3, 0.4) is 0 Å². The quantitative estimate of drug-likeness (QED) is 0.572. The summed E-state index contributed by atoms with van der Waals surface area (Å²) in [6, 6.07) is 20.3. The summed E-state index contributed by atoms with van der Waals surface area (Å²) in [5, 5.41) is 0. The maximum absolute atomic E-state index is 6.16. The summed E-state index contributed by atoms with van der Waals surface area (Å²) in [6.45, 7) is 6.54. The fourth-order valence-electron chi connectivity index (χ4n) is 1.94. The van der Waals surface area contributed by atoms with Crippen molar-refractivity contribution < 1.29 is 4.43 Å². The van der Waals surface area contributed by atoms with E-state index in [9.17, 15) is 0 Å². The lowest BCUT2D eigenvalue weighted by Gasteiger charge is -2.20. The summed E-state index contributed by atoms with van der Waals surface area (Å²) >= 11 is 0. The summed E-state index contributed by atoms with van der Waals surface area (Å²) in [7, 11) is -1.65. The average Bonchev–Trinajstić information content (AvgIpc) is 2.51. The molecule has 0 aliphatic rings. The second kappa shape index (κ2) is 7.79. The van der Waals surface area contributed by atoms with Gasteiger partial charge in [-0.1, -0.05) is 66.4 Å². The average molecular weight is 306 g/mol. The van der Waals surface area contributed by atoms with Gasteiger partial charge in [-0.15, -0.1) is 0 Å². The normalized spacial score (nSPS) is 12.7. The Labute approximate surface area is 134 Å². The Balaban J connectivity index is 2.16. The molecule has 0 bridgehead atoms. The summed E-state index contributed by atoms with van der Waals surface area (Å²) in [4.78, 5) is 0. The molecular formula is C20H22OSi. The molecular weight excluding hydrogens is 284 g/mol. The van der Waals surface area contributed by atoms with Crippen LogP contribution in [-0.2, 0) is 4.43 Å². The van der Waals surface area contributed by atoms with Crippen molar-refractivity contribution in [2.45, 2.75) is 25.7 Å². The molecule has 0 N–H and O–H groups in total. The van der Waals surface area contributed by atoms with Crippen molar-refractivity contribution in [1.29, 1.82) is 0 Å². The van der Waals surface area contributed by atoms with Gasteiger partial charge in [0.15, 0.2) is 8.32 Å². The lowest BCUT2D eigenvalue weighted by molar-refractivity contribution is 0.299. The van der Waals surface area contributed by atoms with Gasteiger partial charge in [-0.3, -0.25) is 0 Å². The first-order valence-corrected chi connectivity index (χ1v) is 10.9. The third kappa shape index (κ3) is 6.13. The van der Waals surface area contributed by atoms with E-state index in [2.05, 4.69) is 49.7 Å². The van der Waals surface area contributed by atoms with E-state index in [0.29, 0.717) is 0 Å². The van der Waals surface area contributed by atoms with Gasteiger partial charge in [-0.05, 0) is 43.4 Å². The Morgan fingerprint density at radius 2 is 1.50 bits per heavy atom. The van der Waals surface area contributed by atoms with Crippen molar-refractivity contribution >= 4 is 14.4 Å². The van der Waals surface area contributed by atoms with Crippen molar-refractivity contribution in [2.75, 3.05) is 0 Å². The standard InChI is InChI=1S/C20H22OSi/c1-22(2,3)21-20(16-14-18-10-6-4-7-11-18)17-15-19-12-8-5-9-13-19/h4-14,16,20H,1-3H3/b16-14+. The highest BCUT2D eigenvalue weighted by Crippen LogP contribution is 2.10. The molecule has 0 saturated heterocycles. The van der Waals surface area contributed by atoms with Gasteiger partial charge in [-0.25, -0.2) is 0 Å². The van der Waals surface area contributed by atoms with Crippen molar-refractivity contribution in [1.82, 2.24) is 0 Å². The molecule has 0 radical (unpaired) electrons. The third-order valence-electron chi connectivity index (χ3n) is 2.88. The molecule has 2 heteroatoms. The van der Waals surface area contributed by atoms with Gasteiger partial charge < -0.3 is 4.43 Å². The number of hydrogen-bond acceptors (Lipinski definition) is 1. The van der Waals surface area contributed by atoms with E-state index >= 15 is 0 Å². The Hall–Kier alpha value is -2.08. The molecule has 0 saturated carbocycles. The molecule has 0 fully saturated rings. The molecule has 2 rings (SSSR count). The predicted molar refractivity (Wildman–Crippen MR) is 97.0 cm³/mol. The maximum atomic E-state index is 6.16. The SMILES string of the molecule is C[Si](C)(C)OC(C#Cc1ccccc1)/C=C/c1ccccc1. The van der Waals surface area contributed by atoms with Crippen LogP contribution in [0.5, 0.6) is 0 Å². The van der Waals surface area contributed by atoms with E-state index in [1.54, 1.807) is 0 Å². The summed E-state index contributed by atoms with van der Waals surface area (Å²) in [5.74, 6) is 6.44. The first kappa shape index (κ1) is 16.3. The molecule has 112 valence electrons. The van der Waals surface area contributed by atoms with Crippen LogP contribution in [0, 0.1) is 11.8 Å². The predicted octanol–water partition coefficient (Wildman–Crippen LogP) is 4.97. The van der Waals surface area contributed by atoms with Gasteiger partial charge >= 0.3 is 0 Å². The molecule has 22 heavy (non-hydrogen) atoms. The van der Waals surface area contributed by atoms with Crippen molar-refractivity contribution in [3.05, 3.63) is 77.9 Å². The topological polar surface area (TPSA) is 9.23 Å². The van der Waals surface area contributed by atoms with Crippen LogP contribution in [0.2, 0.25) is 19.6 Å². The van der Waals surface area contributed by atoms with E-state index in [0.717, 1.165) is 11.1 Å². The highest BCUT2D eigenvalue weighted by molar-refractivity contribution is 6.69.